The molecule has 1 aliphatic carbocycles. The van der Waals surface area contributed by atoms with E-state index in [-0.39, 0.29) is 0 Å². The Balaban J connectivity index is 3.02. The largest absolute Gasteiger partial charge is 0.479 e. The highest BCUT2D eigenvalue weighted by atomic mass is 16.4. The second-order valence-corrected chi connectivity index (χ2v) is 5.49. The summed E-state index contributed by atoms with van der Waals surface area (Å²) in [6, 6.07) is 0. The summed E-state index contributed by atoms with van der Waals surface area (Å²) >= 11 is 0. The average molecular weight is 241 g/mol. The van der Waals surface area contributed by atoms with Gasteiger partial charge in [-0.2, -0.15) is 0 Å². The number of nitrogens with zero attached hydrogens (tertiary/aromatic N) is 1. The summed E-state index contributed by atoms with van der Waals surface area (Å²) in [7, 11) is 0. The zero-order valence-electron chi connectivity index (χ0n) is 11.0. The van der Waals surface area contributed by atoms with E-state index in [1.54, 1.807) is 0 Å². The lowest BCUT2D eigenvalue weighted by Gasteiger charge is -2.45. The van der Waals surface area contributed by atoms with Crippen molar-refractivity contribution < 1.29 is 14.7 Å². The Hall–Kier alpha value is -1.06. The summed E-state index contributed by atoms with van der Waals surface area (Å²) in [6.45, 7) is 6.63. The minimum Gasteiger partial charge on any atom is -0.479 e. The smallest absolute Gasteiger partial charge is 0.329 e. The van der Waals surface area contributed by atoms with Crippen molar-refractivity contribution >= 4 is 12.4 Å². The van der Waals surface area contributed by atoms with Crippen molar-refractivity contribution in [3.63, 3.8) is 0 Å². The van der Waals surface area contributed by atoms with Gasteiger partial charge in [-0.3, -0.25) is 4.79 Å². The molecule has 4 heteroatoms. The van der Waals surface area contributed by atoms with Crippen LogP contribution in [0.15, 0.2) is 0 Å². The molecular weight excluding hydrogens is 218 g/mol. The zero-order chi connectivity index (χ0) is 13.1. The number of aliphatic carboxylic acids is 1. The normalized spacial score (nSPS) is 33.1. The molecule has 1 N–H and O–H groups in total. The molecule has 2 atom stereocenters. The summed E-state index contributed by atoms with van der Waals surface area (Å²) in [5.41, 5.74) is -0.977. The molecule has 98 valence electrons. The fourth-order valence-corrected chi connectivity index (χ4v) is 3.23. The minimum atomic E-state index is -0.977. The molecule has 0 aromatic carbocycles. The third kappa shape index (κ3) is 2.79. The Kier molecular flexibility index (Phi) is 4.54. The van der Waals surface area contributed by atoms with Gasteiger partial charge in [0.1, 0.15) is 5.54 Å². The molecule has 0 bridgehead atoms. The maximum Gasteiger partial charge on any atom is 0.329 e. The van der Waals surface area contributed by atoms with E-state index in [4.69, 9.17) is 0 Å². The van der Waals surface area contributed by atoms with Crippen molar-refractivity contribution in [2.75, 3.05) is 6.54 Å². The van der Waals surface area contributed by atoms with Crippen molar-refractivity contribution in [3.05, 3.63) is 0 Å². The lowest BCUT2D eigenvalue weighted by atomic mass is 9.70. The molecule has 0 heterocycles. The number of carbonyl (C=O) groups is 2. The van der Waals surface area contributed by atoms with Crippen LogP contribution in [0.5, 0.6) is 0 Å². The lowest BCUT2D eigenvalue weighted by Crippen LogP contribution is -2.58. The number of carboxylic acids is 1. The molecule has 4 nitrogen and oxygen atoms in total. The van der Waals surface area contributed by atoms with Crippen molar-refractivity contribution in [3.8, 4) is 0 Å². The summed E-state index contributed by atoms with van der Waals surface area (Å²) in [4.78, 5) is 24.3. The van der Waals surface area contributed by atoms with Crippen molar-refractivity contribution in [1.29, 1.82) is 0 Å². The standard InChI is InChI=1S/C13H23NO3/c1-4-5-14(9-15)13(12(16)17)7-10(2)6-11(3)8-13/h9-11H,4-8H2,1-3H3,(H,16,17). The van der Waals surface area contributed by atoms with E-state index < -0.39 is 11.5 Å². The third-order valence-electron chi connectivity index (χ3n) is 3.72. The van der Waals surface area contributed by atoms with Crippen molar-refractivity contribution in [1.82, 2.24) is 4.90 Å². The molecule has 1 amide bonds. The second-order valence-electron chi connectivity index (χ2n) is 5.49. The number of rotatable bonds is 5. The van der Waals surface area contributed by atoms with Gasteiger partial charge in [-0.1, -0.05) is 20.8 Å². The van der Waals surface area contributed by atoms with Crippen LogP contribution in [0.1, 0.15) is 46.5 Å². The summed E-state index contributed by atoms with van der Waals surface area (Å²) in [5.74, 6) is -0.139. The Labute approximate surface area is 103 Å². The highest BCUT2D eigenvalue weighted by Crippen LogP contribution is 2.39. The highest BCUT2D eigenvalue weighted by molar-refractivity contribution is 5.81. The quantitative estimate of drug-likeness (QED) is 0.750. The van der Waals surface area contributed by atoms with Crippen LogP contribution in [0.4, 0.5) is 0 Å². The maximum absolute atomic E-state index is 11.6. The van der Waals surface area contributed by atoms with E-state index in [9.17, 15) is 14.7 Å². The van der Waals surface area contributed by atoms with Crippen LogP contribution in [-0.4, -0.2) is 34.5 Å². The van der Waals surface area contributed by atoms with Crippen LogP contribution in [0.2, 0.25) is 0 Å². The second kappa shape index (κ2) is 5.52. The summed E-state index contributed by atoms with van der Waals surface area (Å²) in [6.07, 6.45) is 3.70. The van der Waals surface area contributed by atoms with Gasteiger partial charge in [0, 0.05) is 6.54 Å². The Morgan fingerprint density at radius 3 is 2.29 bits per heavy atom. The highest BCUT2D eigenvalue weighted by Gasteiger charge is 2.48. The van der Waals surface area contributed by atoms with E-state index in [2.05, 4.69) is 13.8 Å². The fraction of sp³-hybridized carbons (Fsp3) is 0.846. The first-order valence-electron chi connectivity index (χ1n) is 6.41. The molecule has 1 rings (SSSR count). The first-order valence-corrected chi connectivity index (χ1v) is 6.41. The molecule has 0 saturated heterocycles. The fourth-order valence-electron chi connectivity index (χ4n) is 3.23. The molecule has 1 fully saturated rings. The molecular formula is C13H23NO3. The van der Waals surface area contributed by atoms with Gasteiger partial charge in [0.2, 0.25) is 6.41 Å². The number of carboxylic acid groups (broad SMARTS) is 1. The SMILES string of the molecule is CCCN(C=O)C1(C(=O)O)CC(C)CC(C)C1. The minimum absolute atomic E-state index is 0.356. The van der Waals surface area contributed by atoms with Crippen LogP contribution in [0.25, 0.3) is 0 Å². The maximum atomic E-state index is 11.6. The van der Waals surface area contributed by atoms with Gasteiger partial charge >= 0.3 is 5.97 Å². The van der Waals surface area contributed by atoms with Gasteiger partial charge in [0.15, 0.2) is 0 Å². The summed E-state index contributed by atoms with van der Waals surface area (Å²) < 4.78 is 0. The molecule has 2 unspecified atom stereocenters. The predicted molar refractivity (Wildman–Crippen MR) is 65.6 cm³/mol. The number of amides is 1. The molecule has 0 radical (unpaired) electrons. The van der Waals surface area contributed by atoms with Crippen molar-refractivity contribution in [2.24, 2.45) is 11.8 Å². The number of carbonyl (C=O) groups excluding carboxylic acids is 1. The van der Waals surface area contributed by atoms with Crippen LogP contribution >= 0.6 is 0 Å². The molecule has 1 aliphatic rings. The van der Waals surface area contributed by atoms with E-state index in [0.29, 0.717) is 37.6 Å². The molecule has 0 aromatic heterocycles. The van der Waals surface area contributed by atoms with Gasteiger partial charge in [-0.25, -0.2) is 4.79 Å². The Morgan fingerprint density at radius 2 is 1.94 bits per heavy atom. The van der Waals surface area contributed by atoms with Gasteiger partial charge in [0.05, 0.1) is 0 Å². The monoisotopic (exact) mass is 241 g/mol. The van der Waals surface area contributed by atoms with Gasteiger partial charge in [0.25, 0.3) is 0 Å². The van der Waals surface area contributed by atoms with Crippen LogP contribution in [0.3, 0.4) is 0 Å². The molecule has 0 aliphatic heterocycles. The van der Waals surface area contributed by atoms with Crippen LogP contribution < -0.4 is 0 Å². The topological polar surface area (TPSA) is 57.6 Å². The molecule has 1 saturated carbocycles. The average Bonchev–Trinajstić information content (AvgIpc) is 2.23. The Bertz CT molecular complexity index is 280. The summed E-state index contributed by atoms with van der Waals surface area (Å²) in [5, 5.41) is 9.55. The van der Waals surface area contributed by atoms with E-state index in [1.165, 1.54) is 4.90 Å². The lowest BCUT2D eigenvalue weighted by molar-refractivity contribution is -0.160. The Morgan fingerprint density at radius 1 is 1.41 bits per heavy atom. The molecule has 0 spiro atoms. The van der Waals surface area contributed by atoms with Crippen LogP contribution in [0, 0.1) is 11.8 Å². The van der Waals surface area contributed by atoms with Gasteiger partial charge < -0.3 is 10.0 Å². The predicted octanol–water partition coefficient (Wildman–Crippen LogP) is 2.13. The molecule has 0 aromatic rings. The van der Waals surface area contributed by atoms with Gasteiger partial charge in [-0.15, -0.1) is 0 Å². The van der Waals surface area contributed by atoms with E-state index in [0.717, 1.165) is 12.8 Å². The van der Waals surface area contributed by atoms with E-state index >= 15 is 0 Å². The number of hydrogen-bond donors (Lipinski definition) is 1. The third-order valence-corrected chi connectivity index (χ3v) is 3.72. The number of hydrogen-bond acceptors (Lipinski definition) is 2. The van der Waals surface area contributed by atoms with E-state index in [1.807, 2.05) is 6.92 Å². The molecule has 17 heavy (non-hydrogen) atoms. The van der Waals surface area contributed by atoms with Crippen molar-refractivity contribution in [2.45, 2.75) is 52.0 Å². The zero-order valence-corrected chi connectivity index (χ0v) is 11.0. The first-order chi connectivity index (χ1) is 7.96. The first kappa shape index (κ1) is 14.0. The van der Waals surface area contributed by atoms with Crippen LogP contribution in [-0.2, 0) is 9.59 Å². The van der Waals surface area contributed by atoms with Gasteiger partial charge in [-0.05, 0) is 37.5 Å².